The highest BCUT2D eigenvalue weighted by Gasteiger charge is 2.59. The maximum atomic E-state index is 12.3. The Hall–Kier alpha value is -1.68. The van der Waals surface area contributed by atoms with Gasteiger partial charge in [-0.25, -0.2) is 0 Å². The maximum absolute atomic E-state index is 12.3. The van der Waals surface area contributed by atoms with Crippen LogP contribution in [0.1, 0.15) is 52.9 Å². The van der Waals surface area contributed by atoms with Crippen LogP contribution >= 0.6 is 0 Å². The number of methoxy groups -OCH3 is 1. The van der Waals surface area contributed by atoms with E-state index in [2.05, 4.69) is 26.0 Å². The van der Waals surface area contributed by atoms with E-state index in [1.54, 1.807) is 20.3 Å². The predicted molar refractivity (Wildman–Crippen MR) is 107 cm³/mol. The third-order valence-corrected chi connectivity index (χ3v) is 8.42. The normalized spacial score (nSPS) is 43.2. The van der Waals surface area contributed by atoms with Crippen LogP contribution in [0.15, 0.2) is 35.6 Å². The molecular formula is C24H32O4. The Labute approximate surface area is 168 Å². The molecule has 4 nitrogen and oxygen atoms in total. The average Bonchev–Trinajstić information content (AvgIpc) is 3.00. The van der Waals surface area contributed by atoms with Gasteiger partial charge in [-0.3, -0.25) is 9.59 Å². The molecule has 4 aliphatic rings. The fraction of sp³-hybridized carbons (Fsp3) is 0.667. The molecule has 2 fully saturated rings. The molecule has 0 amide bonds. The van der Waals surface area contributed by atoms with Crippen molar-refractivity contribution in [1.82, 2.24) is 0 Å². The molecule has 0 unspecified atom stereocenters. The van der Waals surface area contributed by atoms with Gasteiger partial charge in [0.25, 0.3) is 0 Å². The number of Topliss-reactive ketones (excluding diaryl/α,β-unsaturated/α-hetero) is 1. The Morgan fingerprint density at radius 1 is 1.25 bits per heavy atom. The van der Waals surface area contributed by atoms with Crippen LogP contribution in [0.4, 0.5) is 0 Å². The molecule has 28 heavy (non-hydrogen) atoms. The molecule has 6 atom stereocenters. The van der Waals surface area contributed by atoms with Crippen LogP contribution in [0.25, 0.3) is 0 Å². The maximum Gasteiger partial charge on any atom is 0.187 e. The summed E-state index contributed by atoms with van der Waals surface area (Å²) in [5.74, 6) is 2.12. The lowest BCUT2D eigenvalue weighted by Crippen LogP contribution is -2.50. The first-order valence-electron chi connectivity index (χ1n) is 10.6. The van der Waals surface area contributed by atoms with Crippen molar-refractivity contribution in [2.75, 3.05) is 13.9 Å². The van der Waals surface area contributed by atoms with Gasteiger partial charge in [-0.1, -0.05) is 26.0 Å². The van der Waals surface area contributed by atoms with E-state index < -0.39 is 0 Å². The van der Waals surface area contributed by atoms with E-state index in [0.717, 1.165) is 36.8 Å². The van der Waals surface area contributed by atoms with E-state index in [1.165, 1.54) is 0 Å². The van der Waals surface area contributed by atoms with Crippen LogP contribution in [0, 0.1) is 34.5 Å². The molecule has 0 N–H and O–H groups in total. The summed E-state index contributed by atoms with van der Waals surface area (Å²) < 4.78 is 10.6. The van der Waals surface area contributed by atoms with E-state index in [-0.39, 0.29) is 29.3 Å². The summed E-state index contributed by atoms with van der Waals surface area (Å²) in [6, 6.07) is 0. The molecular weight excluding hydrogens is 352 g/mol. The predicted octanol–water partition coefficient (Wildman–Crippen LogP) is 4.61. The zero-order valence-corrected chi connectivity index (χ0v) is 17.5. The number of rotatable bonds is 4. The van der Waals surface area contributed by atoms with Crippen LogP contribution in [0.2, 0.25) is 0 Å². The van der Waals surface area contributed by atoms with Gasteiger partial charge in [0.1, 0.15) is 5.78 Å². The van der Waals surface area contributed by atoms with Gasteiger partial charge in [-0.05, 0) is 73.0 Å². The van der Waals surface area contributed by atoms with Gasteiger partial charge in [0.15, 0.2) is 12.6 Å². The van der Waals surface area contributed by atoms with Crippen molar-refractivity contribution in [2.24, 2.45) is 34.5 Å². The van der Waals surface area contributed by atoms with Crippen molar-refractivity contribution in [2.45, 2.75) is 52.9 Å². The number of carbonyl (C=O) groups is 2. The molecule has 152 valence electrons. The quantitative estimate of drug-likeness (QED) is 0.403. The van der Waals surface area contributed by atoms with Crippen LogP contribution in [-0.2, 0) is 19.1 Å². The summed E-state index contributed by atoms with van der Waals surface area (Å²) in [6.45, 7) is 6.59. The van der Waals surface area contributed by atoms with Gasteiger partial charge in [0.2, 0.25) is 0 Å². The number of allylic oxidation sites excluding steroid dienone is 5. The zero-order valence-electron chi connectivity index (χ0n) is 17.5. The molecule has 2 saturated carbocycles. The van der Waals surface area contributed by atoms with E-state index >= 15 is 0 Å². The van der Waals surface area contributed by atoms with Crippen molar-refractivity contribution in [3.05, 3.63) is 35.6 Å². The molecule has 4 rings (SSSR count). The SMILES string of the molecule is COCO/C=C1/CC(=O)C=C2C=C[C@H]3[C@@H]4CC[C@H](C(C)=O)[C@@]4(C)CC[C@@H]3[C@]21C. The summed E-state index contributed by atoms with van der Waals surface area (Å²) >= 11 is 0. The average molecular weight is 385 g/mol. The van der Waals surface area contributed by atoms with E-state index in [0.29, 0.717) is 30.0 Å². The molecule has 4 heteroatoms. The van der Waals surface area contributed by atoms with E-state index in [4.69, 9.17) is 9.47 Å². The van der Waals surface area contributed by atoms with Gasteiger partial charge in [-0.2, -0.15) is 0 Å². The number of hydrogen-bond donors (Lipinski definition) is 0. The third kappa shape index (κ3) is 2.75. The second kappa shape index (κ2) is 6.98. The molecule has 0 aromatic carbocycles. The van der Waals surface area contributed by atoms with Crippen molar-refractivity contribution in [3.63, 3.8) is 0 Å². The molecule has 0 spiro atoms. The number of ether oxygens (including phenoxy) is 2. The Kier molecular flexibility index (Phi) is 4.89. The second-order valence-electron chi connectivity index (χ2n) is 9.60. The van der Waals surface area contributed by atoms with Crippen LogP contribution in [-0.4, -0.2) is 25.5 Å². The Morgan fingerprint density at radius 2 is 2.04 bits per heavy atom. The van der Waals surface area contributed by atoms with Crippen molar-refractivity contribution < 1.29 is 19.1 Å². The van der Waals surface area contributed by atoms with E-state index in [1.807, 2.05) is 6.08 Å². The smallest absolute Gasteiger partial charge is 0.187 e. The number of hydrogen-bond acceptors (Lipinski definition) is 4. The molecule has 0 aromatic rings. The van der Waals surface area contributed by atoms with Crippen LogP contribution in [0.3, 0.4) is 0 Å². The van der Waals surface area contributed by atoms with Gasteiger partial charge >= 0.3 is 0 Å². The highest BCUT2D eigenvalue weighted by Crippen LogP contribution is 2.66. The minimum Gasteiger partial charge on any atom is -0.475 e. The molecule has 0 heterocycles. The molecule has 0 bridgehead atoms. The minimum absolute atomic E-state index is 0.107. The zero-order chi connectivity index (χ0) is 20.1. The first kappa shape index (κ1) is 19.6. The highest BCUT2D eigenvalue weighted by atomic mass is 16.7. The van der Waals surface area contributed by atoms with Gasteiger partial charge in [-0.15, -0.1) is 0 Å². The number of fused-ring (bicyclic) bond motifs is 5. The lowest BCUT2D eigenvalue weighted by molar-refractivity contribution is -0.126. The summed E-state index contributed by atoms with van der Waals surface area (Å²) in [7, 11) is 1.60. The highest BCUT2D eigenvalue weighted by molar-refractivity contribution is 5.95. The summed E-state index contributed by atoms with van der Waals surface area (Å²) in [4.78, 5) is 24.6. The number of carbonyl (C=O) groups excluding carboxylic acids is 2. The lowest BCUT2D eigenvalue weighted by Gasteiger charge is -2.56. The number of ketones is 2. The summed E-state index contributed by atoms with van der Waals surface area (Å²) in [5, 5.41) is 0. The van der Waals surface area contributed by atoms with Crippen molar-refractivity contribution in [1.29, 1.82) is 0 Å². The molecule has 4 aliphatic carbocycles. The molecule has 0 aliphatic heterocycles. The largest absolute Gasteiger partial charge is 0.475 e. The first-order chi connectivity index (χ1) is 13.3. The Morgan fingerprint density at radius 3 is 2.75 bits per heavy atom. The monoisotopic (exact) mass is 384 g/mol. The van der Waals surface area contributed by atoms with Crippen molar-refractivity contribution >= 4 is 11.6 Å². The third-order valence-electron chi connectivity index (χ3n) is 8.42. The Bertz CT molecular complexity index is 775. The van der Waals surface area contributed by atoms with Gasteiger partial charge < -0.3 is 9.47 Å². The molecule has 0 saturated heterocycles. The fourth-order valence-corrected chi connectivity index (χ4v) is 6.99. The minimum atomic E-state index is -0.184. The lowest BCUT2D eigenvalue weighted by atomic mass is 9.47. The molecule has 0 radical (unpaired) electrons. The van der Waals surface area contributed by atoms with Crippen molar-refractivity contribution in [3.8, 4) is 0 Å². The topological polar surface area (TPSA) is 52.6 Å². The molecule has 0 aromatic heterocycles. The standard InChI is InChI=1S/C24H32O4/c1-15(25)20-7-8-21-19-6-5-16-11-18(26)12-17(13-28-14-27-4)24(16,3)22(19)9-10-23(20,21)2/h5-6,11,13,19-22H,7-10,12,14H2,1-4H3/b17-13-/t19-,20+,21-,22-,23+,24+/m0/s1. The van der Waals surface area contributed by atoms with Gasteiger partial charge in [0, 0.05) is 24.9 Å². The first-order valence-corrected chi connectivity index (χ1v) is 10.6. The van der Waals surface area contributed by atoms with E-state index in [9.17, 15) is 9.59 Å². The summed E-state index contributed by atoms with van der Waals surface area (Å²) in [6.07, 6.45) is 12.8. The second-order valence-corrected chi connectivity index (χ2v) is 9.60. The van der Waals surface area contributed by atoms with Crippen LogP contribution in [0.5, 0.6) is 0 Å². The Balaban J connectivity index is 1.73. The van der Waals surface area contributed by atoms with Gasteiger partial charge in [0.05, 0.1) is 6.26 Å². The fourth-order valence-electron chi connectivity index (χ4n) is 6.99. The van der Waals surface area contributed by atoms with Crippen LogP contribution < -0.4 is 0 Å². The summed E-state index contributed by atoms with van der Waals surface area (Å²) in [5.41, 5.74) is 2.10.